The molecule has 21 heavy (non-hydrogen) atoms. The van der Waals surface area contributed by atoms with Gasteiger partial charge in [-0.15, -0.1) is 0 Å². The Kier molecular flexibility index (Phi) is 6.50. The number of hydrogen-bond donors (Lipinski definition) is 6. The van der Waals surface area contributed by atoms with Crippen LogP contribution in [0.25, 0.3) is 0 Å². The fourth-order valence-corrected chi connectivity index (χ4v) is 4.56. The van der Waals surface area contributed by atoms with E-state index in [1.807, 2.05) is 0 Å². The van der Waals surface area contributed by atoms with Gasteiger partial charge in [-0.2, -0.15) is 12.6 Å². The number of nitrogen functional groups attached to an aromatic ring is 1. The molecule has 6 N–H and O–H groups in total. The van der Waals surface area contributed by atoms with Crippen LogP contribution in [0.5, 0.6) is 0 Å². The number of hydrogen-bond acceptors (Lipinski definition) is 4. The third-order valence-electron chi connectivity index (χ3n) is 2.92. The van der Waals surface area contributed by atoms with E-state index in [9.17, 15) is 18.9 Å². The van der Waals surface area contributed by atoms with E-state index in [4.69, 9.17) is 15.5 Å². The molecule has 7 nitrogen and oxygen atoms in total. The van der Waals surface area contributed by atoms with Gasteiger partial charge < -0.3 is 25.3 Å². The summed E-state index contributed by atoms with van der Waals surface area (Å²) in [7, 11) is -8.60. The molecule has 0 aromatic heterocycles. The SMILES string of the molecule is Nc1cccc(C(CCC(S)CP(=O)(O)O)P(=O)(O)O)c1. The van der Waals surface area contributed by atoms with Crippen LogP contribution in [0.3, 0.4) is 0 Å². The summed E-state index contributed by atoms with van der Waals surface area (Å²) in [4.78, 5) is 36.6. The van der Waals surface area contributed by atoms with Gasteiger partial charge in [0.25, 0.3) is 0 Å². The van der Waals surface area contributed by atoms with Crippen molar-refractivity contribution in [2.24, 2.45) is 0 Å². The molecule has 1 aromatic carbocycles. The predicted octanol–water partition coefficient (Wildman–Crippen LogP) is 1.74. The van der Waals surface area contributed by atoms with Gasteiger partial charge in [0, 0.05) is 10.9 Å². The maximum absolute atomic E-state index is 11.6. The molecule has 0 heterocycles. The van der Waals surface area contributed by atoms with Crippen LogP contribution in [0, 0.1) is 0 Å². The Morgan fingerprint density at radius 2 is 1.76 bits per heavy atom. The highest BCUT2D eigenvalue weighted by molar-refractivity contribution is 7.81. The van der Waals surface area contributed by atoms with E-state index in [1.165, 1.54) is 6.07 Å². The maximum Gasteiger partial charge on any atom is 0.332 e. The van der Waals surface area contributed by atoms with Gasteiger partial charge in [0.05, 0.1) is 11.8 Å². The summed E-state index contributed by atoms with van der Waals surface area (Å²) in [6, 6.07) is 6.26. The van der Waals surface area contributed by atoms with E-state index in [2.05, 4.69) is 12.6 Å². The average Bonchev–Trinajstić information content (AvgIpc) is 2.24. The molecule has 2 atom stereocenters. The summed E-state index contributed by atoms with van der Waals surface area (Å²) in [5, 5.41) is -0.638. The topological polar surface area (TPSA) is 141 Å². The fourth-order valence-electron chi connectivity index (χ4n) is 2.01. The molecule has 10 heteroatoms. The molecular formula is C11H19NO6P2S. The Morgan fingerprint density at radius 1 is 1.14 bits per heavy atom. The van der Waals surface area contributed by atoms with Crippen molar-refractivity contribution >= 4 is 33.5 Å². The van der Waals surface area contributed by atoms with Crippen LogP contribution >= 0.6 is 27.8 Å². The van der Waals surface area contributed by atoms with E-state index >= 15 is 0 Å². The Labute approximate surface area is 128 Å². The normalized spacial score (nSPS) is 15.7. The standard InChI is InChI=1S/C11H19NO6P2S/c12-9-3-1-2-8(6-9)11(20(16,17)18)5-4-10(21)7-19(13,14)15/h1-3,6,10-11,21H,4-5,7,12H2,(H2,13,14,15)(H2,16,17,18). The van der Waals surface area contributed by atoms with Crippen LogP contribution in [0.1, 0.15) is 24.1 Å². The van der Waals surface area contributed by atoms with E-state index in [-0.39, 0.29) is 12.8 Å². The van der Waals surface area contributed by atoms with Crippen molar-refractivity contribution < 1.29 is 28.7 Å². The quantitative estimate of drug-likeness (QED) is 0.249. The van der Waals surface area contributed by atoms with Gasteiger partial charge in [-0.25, -0.2) is 0 Å². The van der Waals surface area contributed by atoms with E-state index in [0.717, 1.165) is 0 Å². The van der Waals surface area contributed by atoms with Crippen LogP contribution in [-0.2, 0) is 9.13 Å². The van der Waals surface area contributed by atoms with Gasteiger partial charge in [0.1, 0.15) is 0 Å². The van der Waals surface area contributed by atoms with Crippen LogP contribution in [0.2, 0.25) is 0 Å². The van der Waals surface area contributed by atoms with Gasteiger partial charge in [-0.1, -0.05) is 12.1 Å². The molecule has 0 aliphatic carbocycles. The zero-order valence-corrected chi connectivity index (χ0v) is 13.8. The summed E-state index contributed by atoms with van der Waals surface area (Å²) >= 11 is 4.06. The summed E-state index contributed by atoms with van der Waals surface area (Å²) in [5.74, 6) is 0. The largest absolute Gasteiger partial charge is 0.399 e. The van der Waals surface area contributed by atoms with Crippen molar-refractivity contribution in [2.45, 2.75) is 23.8 Å². The first-order valence-corrected chi connectivity index (χ1v) is 10.1. The van der Waals surface area contributed by atoms with E-state index < -0.39 is 32.3 Å². The van der Waals surface area contributed by atoms with Crippen molar-refractivity contribution in [3.63, 3.8) is 0 Å². The molecule has 0 amide bonds. The second-order valence-electron chi connectivity index (χ2n) is 4.85. The summed E-state index contributed by atoms with van der Waals surface area (Å²) < 4.78 is 22.5. The van der Waals surface area contributed by atoms with E-state index in [1.54, 1.807) is 18.2 Å². The lowest BCUT2D eigenvalue weighted by Gasteiger charge is -2.21. The van der Waals surface area contributed by atoms with Crippen molar-refractivity contribution in [1.29, 1.82) is 0 Å². The van der Waals surface area contributed by atoms with Gasteiger partial charge in [0.2, 0.25) is 0 Å². The Bertz CT molecular complexity index is 572. The van der Waals surface area contributed by atoms with Crippen LogP contribution < -0.4 is 5.73 Å². The zero-order valence-electron chi connectivity index (χ0n) is 11.1. The lowest BCUT2D eigenvalue weighted by atomic mass is 10.1. The minimum absolute atomic E-state index is 0.0574. The molecular weight excluding hydrogens is 336 g/mol. The lowest BCUT2D eigenvalue weighted by molar-refractivity contribution is 0.354. The highest BCUT2D eigenvalue weighted by Crippen LogP contribution is 2.54. The van der Waals surface area contributed by atoms with E-state index in [0.29, 0.717) is 11.3 Å². The molecule has 0 fully saturated rings. The summed E-state index contributed by atoms with van der Waals surface area (Å²) in [6.07, 6.45) is -0.207. The minimum atomic E-state index is -4.41. The smallest absolute Gasteiger partial charge is 0.332 e. The van der Waals surface area contributed by atoms with Gasteiger partial charge >= 0.3 is 15.2 Å². The lowest BCUT2D eigenvalue weighted by Crippen LogP contribution is -2.09. The summed E-state index contributed by atoms with van der Waals surface area (Å²) in [5.41, 5.74) is 5.34. The Balaban J connectivity index is 2.82. The predicted molar refractivity (Wildman–Crippen MR) is 84.6 cm³/mol. The molecule has 2 unspecified atom stereocenters. The summed E-state index contributed by atoms with van der Waals surface area (Å²) in [6.45, 7) is 0. The molecule has 0 bridgehead atoms. The van der Waals surface area contributed by atoms with Crippen LogP contribution in [0.15, 0.2) is 24.3 Å². The highest BCUT2D eigenvalue weighted by Gasteiger charge is 2.31. The van der Waals surface area contributed by atoms with Crippen molar-refractivity contribution in [1.82, 2.24) is 0 Å². The first kappa shape index (κ1) is 18.7. The molecule has 1 rings (SSSR count). The van der Waals surface area contributed by atoms with Gasteiger partial charge in [-0.05, 0) is 30.5 Å². The maximum atomic E-state index is 11.6. The van der Waals surface area contributed by atoms with Crippen LogP contribution in [-0.4, -0.2) is 31.0 Å². The van der Waals surface area contributed by atoms with Crippen molar-refractivity contribution in [2.75, 3.05) is 11.9 Å². The van der Waals surface area contributed by atoms with Gasteiger partial charge in [0.15, 0.2) is 0 Å². The first-order valence-electron chi connectivity index (χ1n) is 6.12. The zero-order chi connectivity index (χ0) is 16.3. The molecule has 1 aromatic rings. The average molecular weight is 355 g/mol. The molecule has 0 radical (unpaired) electrons. The molecule has 120 valence electrons. The number of anilines is 1. The molecule has 0 saturated carbocycles. The number of nitrogens with two attached hydrogens (primary N) is 1. The Hall–Kier alpha value is -0.330. The highest BCUT2D eigenvalue weighted by atomic mass is 32.1. The van der Waals surface area contributed by atoms with Gasteiger partial charge in [-0.3, -0.25) is 9.13 Å². The second kappa shape index (κ2) is 7.29. The monoisotopic (exact) mass is 355 g/mol. The molecule has 0 aliphatic heterocycles. The molecule has 0 saturated heterocycles. The number of rotatable bonds is 7. The number of thiol groups is 1. The minimum Gasteiger partial charge on any atom is -0.399 e. The third kappa shape index (κ3) is 6.98. The third-order valence-corrected chi connectivity index (χ3v) is 5.94. The first-order chi connectivity index (χ1) is 9.49. The second-order valence-corrected chi connectivity index (χ2v) is 9.08. The van der Waals surface area contributed by atoms with Crippen molar-refractivity contribution in [3.8, 4) is 0 Å². The van der Waals surface area contributed by atoms with Crippen molar-refractivity contribution in [3.05, 3.63) is 29.8 Å². The number of benzene rings is 1. The Morgan fingerprint density at radius 3 is 2.24 bits per heavy atom. The molecule has 0 aliphatic rings. The molecule has 0 spiro atoms. The van der Waals surface area contributed by atoms with Crippen LogP contribution in [0.4, 0.5) is 5.69 Å². The fraction of sp³-hybridized carbons (Fsp3) is 0.455.